The third-order valence-corrected chi connectivity index (χ3v) is 3.72. The Morgan fingerprint density at radius 3 is 3.06 bits per heavy atom. The molecule has 1 aliphatic heterocycles. The van der Waals surface area contributed by atoms with Crippen molar-refractivity contribution in [2.75, 3.05) is 26.8 Å². The van der Waals surface area contributed by atoms with Crippen molar-refractivity contribution in [3.05, 3.63) is 9.47 Å². The van der Waals surface area contributed by atoms with Gasteiger partial charge in [0.05, 0.1) is 6.61 Å². The molecule has 0 saturated carbocycles. The van der Waals surface area contributed by atoms with Crippen molar-refractivity contribution >= 4 is 28.8 Å². The van der Waals surface area contributed by atoms with Gasteiger partial charge in [-0.3, -0.25) is 4.79 Å². The molecule has 1 aromatic heterocycles. The molecule has 1 aromatic rings. The second kappa shape index (κ2) is 5.75. The number of nitrogens with zero attached hydrogens (tertiary/aromatic N) is 3. The molecule has 0 bridgehead atoms. The molecule has 1 atom stereocenters. The number of amides is 1. The van der Waals surface area contributed by atoms with Gasteiger partial charge in [0.1, 0.15) is 0 Å². The molecule has 17 heavy (non-hydrogen) atoms. The molecule has 0 radical (unpaired) electrons. The molecule has 2 rings (SSSR count). The number of aromatic nitrogens is 2. The lowest BCUT2D eigenvalue weighted by atomic mass is 10.0. The smallest absolute Gasteiger partial charge is 0.284 e. The van der Waals surface area contributed by atoms with Crippen LogP contribution in [0.3, 0.4) is 0 Å². The third kappa shape index (κ3) is 3.37. The average molecular weight is 276 g/mol. The van der Waals surface area contributed by atoms with Gasteiger partial charge in [0, 0.05) is 20.2 Å². The molecule has 1 amide bonds. The Morgan fingerprint density at radius 2 is 2.47 bits per heavy atom. The molecule has 94 valence electrons. The summed E-state index contributed by atoms with van der Waals surface area (Å²) in [4.78, 5) is 13.6. The summed E-state index contributed by atoms with van der Waals surface area (Å²) in [5.74, 6) is 0.293. The highest BCUT2D eigenvalue weighted by atomic mass is 35.5. The van der Waals surface area contributed by atoms with Crippen LogP contribution in [0.2, 0.25) is 4.47 Å². The quantitative estimate of drug-likeness (QED) is 0.842. The Balaban J connectivity index is 1.90. The number of hydrogen-bond acceptors (Lipinski definition) is 5. The first-order valence-electron chi connectivity index (χ1n) is 5.49. The summed E-state index contributed by atoms with van der Waals surface area (Å²) >= 11 is 6.76. The molecule has 1 fully saturated rings. The fourth-order valence-electron chi connectivity index (χ4n) is 1.88. The maximum absolute atomic E-state index is 12.0. The Hall–Kier alpha value is -0.720. The van der Waals surface area contributed by atoms with E-state index in [1.54, 1.807) is 11.9 Å². The average Bonchev–Trinajstić information content (AvgIpc) is 2.76. The number of carbonyl (C=O) groups excluding carboxylic acids is 1. The summed E-state index contributed by atoms with van der Waals surface area (Å²) in [6.45, 7) is 2.25. The number of carbonyl (C=O) groups is 1. The summed E-state index contributed by atoms with van der Waals surface area (Å²) in [5.41, 5.74) is 0. The van der Waals surface area contributed by atoms with Crippen molar-refractivity contribution in [1.29, 1.82) is 0 Å². The summed E-state index contributed by atoms with van der Waals surface area (Å²) < 4.78 is 5.68. The van der Waals surface area contributed by atoms with E-state index in [4.69, 9.17) is 16.3 Å². The molecule has 0 N–H and O–H groups in total. The van der Waals surface area contributed by atoms with Crippen LogP contribution >= 0.6 is 22.9 Å². The van der Waals surface area contributed by atoms with Gasteiger partial charge in [0.15, 0.2) is 0 Å². The van der Waals surface area contributed by atoms with E-state index in [0.29, 0.717) is 21.9 Å². The fourth-order valence-corrected chi connectivity index (χ4v) is 2.70. The SMILES string of the molecule is CN(CC1CCCOC1)C(=O)c1nnc(Cl)s1. The lowest BCUT2D eigenvalue weighted by Crippen LogP contribution is -2.35. The number of ether oxygens (including phenoxy) is 1. The highest BCUT2D eigenvalue weighted by molar-refractivity contribution is 7.17. The lowest BCUT2D eigenvalue weighted by molar-refractivity contribution is 0.0388. The van der Waals surface area contributed by atoms with Gasteiger partial charge in [-0.25, -0.2) is 0 Å². The van der Waals surface area contributed by atoms with E-state index in [0.717, 1.165) is 37.4 Å². The van der Waals surface area contributed by atoms with Crippen LogP contribution in [0.5, 0.6) is 0 Å². The van der Waals surface area contributed by atoms with E-state index in [9.17, 15) is 4.79 Å². The van der Waals surface area contributed by atoms with E-state index in [-0.39, 0.29) is 5.91 Å². The lowest BCUT2D eigenvalue weighted by Gasteiger charge is -2.26. The third-order valence-electron chi connectivity index (χ3n) is 2.72. The minimum absolute atomic E-state index is 0.125. The molecule has 1 saturated heterocycles. The molecule has 1 aliphatic rings. The largest absolute Gasteiger partial charge is 0.381 e. The van der Waals surface area contributed by atoms with Crippen LogP contribution in [0, 0.1) is 5.92 Å². The van der Waals surface area contributed by atoms with E-state index < -0.39 is 0 Å². The minimum Gasteiger partial charge on any atom is -0.381 e. The minimum atomic E-state index is -0.125. The van der Waals surface area contributed by atoms with Gasteiger partial charge in [0.25, 0.3) is 5.91 Å². The molecule has 2 heterocycles. The van der Waals surface area contributed by atoms with E-state index in [2.05, 4.69) is 10.2 Å². The van der Waals surface area contributed by atoms with Gasteiger partial charge >= 0.3 is 0 Å². The van der Waals surface area contributed by atoms with Crippen molar-refractivity contribution in [3.8, 4) is 0 Å². The van der Waals surface area contributed by atoms with E-state index in [1.165, 1.54) is 0 Å². The number of halogens is 1. The molecule has 0 aromatic carbocycles. The normalized spacial score (nSPS) is 20.2. The molecular formula is C10H14ClN3O2S. The van der Waals surface area contributed by atoms with Crippen molar-refractivity contribution < 1.29 is 9.53 Å². The van der Waals surface area contributed by atoms with Crippen LogP contribution in [0.25, 0.3) is 0 Å². The van der Waals surface area contributed by atoms with Crippen LogP contribution in [0.1, 0.15) is 22.6 Å². The van der Waals surface area contributed by atoms with Crippen LogP contribution in [-0.4, -0.2) is 47.8 Å². The van der Waals surface area contributed by atoms with Crippen LogP contribution < -0.4 is 0 Å². The second-order valence-electron chi connectivity index (χ2n) is 4.13. The zero-order valence-corrected chi connectivity index (χ0v) is 11.1. The summed E-state index contributed by atoms with van der Waals surface area (Å²) in [7, 11) is 1.77. The van der Waals surface area contributed by atoms with Crippen molar-refractivity contribution in [2.24, 2.45) is 5.92 Å². The van der Waals surface area contributed by atoms with Crippen LogP contribution in [0.15, 0.2) is 0 Å². The highest BCUT2D eigenvalue weighted by Crippen LogP contribution is 2.18. The first-order valence-corrected chi connectivity index (χ1v) is 6.68. The maximum Gasteiger partial charge on any atom is 0.284 e. The van der Waals surface area contributed by atoms with Gasteiger partial charge < -0.3 is 9.64 Å². The zero-order chi connectivity index (χ0) is 12.3. The maximum atomic E-state index is 12.0. The summed E-state index contributed by atoms with van der Waals surface area (Å²) in [6.07, 6.45) is 2.17. The van der Waals surface area contributed by atoms with Gasteiger partial charge in [0.2, 0.25) is 9.47 Å². The van der Waals surface area contributed by atoms with Crippen LogP contribution in [0.4, 0.5) is 0 Å². The standard InChI is InChI=1S/C10H14ClN3O2S/c1-14(5-7-3-2-4-16-6-7)9(15)8-12-13-10(11)17-8/h7H,2-6H2,1H3. The molecule has 0 spiro atoms. The predicted octanol–water partition coefficient (Wildman–Crippen LogP) is 1.69. The van der Waals surface area contributed by atoms with Crippen molar-refractivity contribution in [2.45, 2.75) is 12.8 Å². The molecule has 5 nitrogen and oxygen atoms in total. The van der Waals surface area contributed by atoms with Crippen molar-refractivity contribution in [3.63, 3.8) is 0 Å². The Bertz CT molecular complexity index is 393. The fraction of sp³-hybridized carbons (Fsp3) is 0.700. The number of rotatable bonds is 3. The molecular weight excluding hydrogens is 262 g/mol. The van der Waals surface area contributed by atoms with Gasteiger partial charge in [-0.05, 0) is 30.4 Å². The van der Waals surface area contributed by atoms with Gasteiger partial charge in [-0.15, -0.1) is 10.2 Å². The Kier molecular flexibility index (Phi) is 4.31. The topological polar surface area (TPSA) is 55.3 Å². The van der Waals surface area contributed by atoms with E-state index in [1.807, 2.05) is 0 Å². The highest BCUT2D eigenvalue weighted by Gasteiger charge is 2.21. The van der Waals surface area contributed by atoms with Gasteiger partial charge in [-0.1, -0.05) is 11.3 Å². The first kappa shape index (κ1) is 12.7. The van der Waals surface area contributed by atoms with Crippen molar-refractivity contribution in [1.82, 2.24) is 15.1 Å². The summed E-state index contributed by atoms with van der Waals surface area (Å²) in [6, 6.07) is 0. The summed E-state index contributed by atoms with van der Waals surface area (Å²) in [5, 5.41) is 7.71. The second-order valence-corrected chi connectivity index (χ2v) is 5.69. The Labute approximate surface area is 109 Å². The number of hydrogen-bond donors (Lipinski definition) is 0. The molecule has 1 unspecified atom stereocenters. The predicted molar refractivity (Wildman–Crippen MR) is 65.4 cm³/mol. The first-order chi connectivity index (χ1) is 8.16. The monoisotopic (exact) mass is 275 g/mol. The Morgan fingerprint density at radius 1 is 1.65 bits per heavy atom. The van der Waals surface area contributed by atoms with Crippen LogP contribution in [-0.2, 0) is 4.74 Å². The van der Waals surface area contributed by atoms with Gasteiger partial charge in [-0.2, -0.15) is 0 Å². The zero-order valence-electron chi connectivity index (χ0n) is 9.56. The molecule has 7 heteroatoms. The molecule has 0 aliphatic carbocycles. The van der Waals surface area contributed by atoms with E-state index >= 15 is 0 Å².